The van der Waals surface area contributed by atoms with E-state index in [2.05, 4.69) is 15.0 Å². The molecule has 0 aliphatic rings. The first-order chi connectivity index (χ1) is 7.49. The molecule has 7 nitrogen and oxygen atoms in total. The molecule has 0 unspecified atom stereocenters. The Morgan fingerprint density at radius 2 is 1.88 bits per heavy atom. The van der Waals surface area contributed by atoms with E-state index >= 15 is 0 Å². The SMILES string of the molecule is NC(=O)c1cc(Cl)c2nc(N)nc(N)c2n1. The third kappa shape index (κ3) is 1.57. The van der Waals surface area contributed by atoms with Gasteiger partial charge >= 0.3 is 0 Å². The van der Waals surface area contributed by atoms with Crippen LogP contribution in [0.5, 0.6) is 0 Å². The molecule has 0 bridgehead atoms. The van der Waals surface area contributed by atoms with E-state index < -0.39 is 5.91 Å². The number of rotatable bonds is 1. The van der Waals surface area contributed by atoms with Crippen molar-refractivity contribution in [1.82, 2.24) is 15.0 Å². The van der Waals surface area contributed by atoms with Gasteiger partial charge in [0, 0.05) is 0 Å². The average molecular weight is 239 g/mol. The molecule has 0 radical (unpaired) electrons. The lowest BCUT2D eigenvalue weighted by molar-refractivity contribution is 0.0996. The molecule has 8 heteroatoms. The number of anilines is 2. The number of primary amides is 1. The predicted molar refractivity (Wildman–Crippen MR) is 59.7 cm³/mol. The topological polar surface area (TPSA) is 134 Å². The third-order valence-electron chi connectivity index (χ3n) is 1.90. The Kier molecular flexibility index (Phi) is 2.24. The molecule has 16 heavy (non-hydrogen) atoms. The number of amides is 1. The van der Waals surface area contributed by atoms with Crippen molar-refractivity contribution in [2.24, 2.45) is 5.73 Å². The Bertz CT molecular complexity index is 599. The number of carbonyl (C=O) groups is 1. The minimum atomic E-state index is -0.708. The first-order valence-corrected chi connectivity index (χ1v) is 4.56. The van der Waals surface area contributed by atoms with Gasteiger partial charge in [-0.25, -0.2) is 9.97 Å². The molecule has 0 fully saturated rings. The van der Waals surface area contributed by atoms with Crippen LogP contribution in [0.2, 0.25) is 5.02 Å². The summed E-state index contributed by atoms with van der Waals surface area (Å²) < 4.78 is 0. The van der Waals surface area contributed by atoms with Crippen LogP contribution in [0.25, 0.3) is 11.0 Å². The summed E-state index contributed by atoms with van der Waals surface area (Å²) in [6.07, 6.45) is 0. The fourth-order valence-corrected chi connectivity index (χ4v) is 1.47. The highest BCUT2D eigenvalue weighted by molar-refractivity contribution is 6.35. The average Bonchev–Trinajstić information content (AvgIpc) is 2.19. The Morgan fingerprint density at radius 1 is 1.19 bits per heavy atom. The van der Waals surface area contributed by atoms with E-state index in [-0.39, 0.29) is 33.5 Å². The van der Waals surface area contributed by atoms with Gasteiger partial charge in [-0.3, -0.25) is 4.79 Å². The Balaban J connectivity index is 2.87. The second-order valence-corrected chi connectivity index (χ2v) is 3.43. The lowest BCUT2D eigenvalue weighted by Gasteiger charge is -2.04. The van der Waals surface area contributed by atoms with Gasteiger partial charge in [-0.05, 0) is 6.07 Å². The summed E-state index contributed by atoms with van der Waals surface area (Å²) in [6.45, 7) is 0. The number of hydrogen-bond acceptors (Lipinski definition) is 6. The van der Waals surface area contributed by atoms with Crippen LogP contribution in [0.3, 0.4) is 0 Å². The highest BCUT2D eigenvalue weighted by Crippen LogP contribution is 2.24. The van der Waals surface area contributed by atoms with Crippen LogP contribution in [-0.2, 0) is 0 Å². The molecule has 2 rings (SSSR count). The molecule has 0 atom stereocenters. The van der Waals surface area contributed by atoms with Crippen LogP contribution < -0.4 is 17.2 Å². The summed E-state index contributed by atoms with van der Waals surface area (Å²) in [4.78, 5) is 22.5. The number of aromatic nitrogens is 3. The van der Waals surface area contributed by atoms with E-state index in [1.54, 1.807) is 0 Å². The lowest BCUT2D eigenvalue weighted by atomic mass is 10.3. The summed E-state index contributed by atoms with van der Waals surface area (Å²) in [5.41, 5.74) is 16.6. The van der Waals surface area contributed by atoms with Crippen molar-refractivity contribution >= 4 is 40.3 Å². The van der Waals surface area contributed by atoms with Gasteiger partial charge < -0.3 is 17.2 Å². The van der Waals surface area contributed by atoms with Gasteiger partial charge in [0.25, 0.3) is 5.91 Å². The maximum absolute atomic E-state index is 11.0. The summed E-state index contributed by atoms with van der Waals surface area (Å²) in [6, 6.07) is 1.30. The largest absolute Gasteiger partial charge is 0.382 e. The number of hydrogen-bond donors (Lipinski definition) is 3. The minimum absolute atomic E-state index is 0.00225. The number of fused-ring (bicyclic) bond motifs is 1. The van der Waals surface area contributed by atoms with Crippen LogP contribution >= 0.6 is 11.6 Å². The molecule has 0 aromatic carbocycles. The first kappa shape index (κ1) is 10.4. The number of nitrogens with zero attached hydrogens (tertiary/aromatic N) is 3. The van der Waals surface area contributed by atoms with E-state index in [0.29, 0.717) is 0 Å². The standard InChI is InChI=1S/C8H7ClN6O/c9-2-1-3(7(11)16)13-5-4(2)14-8(12)15-6(5)10/h1H,(H2,11,16)(H4,10,12,14,15). The summed E-state index contributed by atoms with van der Waals surface area (Å²) >= 11 is 5.90. The zero-order valence-corrected chi connectivity index (χ0v) is 8.69. The van der Waals surface area contributed by atoms with E-state index in [1.807, 2.05) is 0 Å². The molecule has 0 aliphatic carbocycles. The number of carbonyl (C=O) groups excluding carboxylic acids is 1. The molecule has 6 N–H and O–H groups in total. The van der Waals surface area contributed by atoms with E-state index in [1.165, 1.54) is 6.07 Å². The highest BCUT2D eigenvalue weighted by atomic mass is 35.5. The molecular weight excluding hydrogens is 232 g/mol. The molecule has 2 aromatic rings. The number of nitrogen functional groups attached to an aromatic ring is 2. The molecule has 0 saturated carbocycles. The van der Waals surface area contributed by atoms with Gasteiger partial charge in [-0.2, -0.15) is 4.98 Å². The van der Waals surface area contributed by atoms with E-state index in [0.717, 1.165) is 0 Å². The smallest absolute Gasteiger partial charge is 0.267 e. The Hall–Kier alpha value is -2.15. The fraction of sp³-hybridized carbons (Fsp3) is 0. The van der Waals surface area contributed by atoms with Crippen molar-refractivity contribution in [1.29, 1.82) is 0 Å². The van der Waals surface area contributed by atoms with Gasteiger partial charge in [0.05, 0.1) is 5.02 Å². The molecule has 1 amide bonds. The lowest BCUT2D eigenvalue weighted by Crippen LogP contribution is -2.14. The highest BCUT2D eigenvalue weighted by Gasteiger charge is 2.13. The van der Waals surface area contributed by atoms with Crippen molar-refractivity contribution in [2.75, 3.05) is 11.5 Å². The van der Waals surface area contributed by atoms with Crippen molar-refractivity contribution < 1.29 is 4.79 Å². The number of nitrogens with two attached hydrogens (primary N) is 3. The first-order valence-electron chi connectivity index (χ1n) is 4.18. The maximum atomic E-state index is 11.0. The summed E-state index contributed by atoms with van der Waals surface area (Å²) in [7, 11) is 0. The van der Waals surface area contributed by atoms with Gasteiger partial charge in [0.2, 0.25) is 5.95 Å². The monoisotopic (exact) mass is 238 g/mol. The van der Waals surface area contributed by atoms with E-state index in [9.17, 15) is 4.79 Å². The van der Waals surface area contributed by atoms with E-state index in [4.69, 9.17) is 28.8 Å². The molecule has 2 heterocycles. The molecule has 82 valence electrons. The van der Waals surface area contributed by atoms with Crippen LogP contribution in [0.4, 0.5) is 11.8 Å². The minimum Gasteiger partial charge on any atom is -0.382 e. The molecule has 0 aliphatic heterocycles. The van der Waals surface area contributed by atoms with Gasteiger partial charge in [-0.1, -0.05) is 11.6 Å². The second-order valence-electron chi connectivity index (χ2n) is 3.02. The van der Waals surface area contributed by atoms with Crippen molar-refractivity contribution in [2.45, 2.75) is 0 Å². The Morgan fingerprint density at radius 3 is 2.50 bits per heavy atom. The number of halogens is 1. The summed E-state index contributed by atoms with van der Waals surface area (Å²) in [5.74, 6) is -0.673. The van der Waals surface area contributed by atoms with Crippen LogP contribution in [0.1, 0.15) is 10.5 Å². The van der Waals surface area contributed by atoms with Gasteiger partial charge in [0.15, 0.2) is 5.82 Å². The molecule has 0 spiro atoms. The molecule has 2 aromatic heterocycles. The zero-order valence-electron chi connectivity index (χ0n) is 7.94. The van der Waals surface area contributed by atoms with Crippen LogP contribution in [-0.4, -0.2) is 20.9 Å². The van der Waals surface area contributed by atoms with Gasteiger partial charge in [0.1, 0.15) is 16.7 Å². The predicted octanol–water partition coefficient (Wildman–Crippen LogP) is -0.0585. The normalized spacial score (nSPS) is 10.6. The number of pyridine rings is 1. The third-order valence-corrected chi connectivity index (χ3v) is 2.19. The zero-order chi connectivity index (χ0) is 11.9. The fourth-order valence-electron chi connectivity index (χ4n) is 1.23. The van der Waals surface area contributed by atoms with Crippen LogP contribution in [0.15, 0.2) is 6.07 Å². The Labute approximate surface area is 94.6 Å². The van der Waals surface area contributed by atoms with Crippen molar-refractivity contribution in [3.8, 4) is 0 Å². The molecule has 0 saturated heterocycles. The van der Waals surface area contributed by atoms with Gasteiger partial charge in [-0.15, -0.1) is 0 Å². The van der Waals surface area contributed by atoms with Crippen molar-refractivity contribution in [3.05, 3.63) is 16.8 Å². The summed E-state index contributed by atoms with van der Waals surface area (Å²) in [5, 5.41) is 0.194. The second kappa shape index (κ2) is 3.46. The quantitative estimate of drug-likeness (QED) is 0.637. The van der Waals surface area contributed by atoms with Crippen molar-refractivity contribution in [3.63, 3.8) is 0 Å². The maximum Gasteiger partial charge on any atom is 0.267 e. The molecular formula is C8H7ClN6O. The van der Waals surface area contributed by atoms with Crippen LogP contribution in [0, 0.1) is 0 Å².